The molecule has 1 heterocycles. The Morgan fingerprint density at radius 2 is 1.70 bits per heavy atom. The molecule has 0 bridgehead atoms. The summed E-state index contributed by atoms with van der Waals surface area (Å²) in [5.74, 6) is -0.309. The first-order valence-electron chi connectivity index (χ1n) is 10.7. The van der Waals surface area contributed by atoms with Crippen molar-refractivity contribution in [1.29, 1.82) is 5.26 Å². The van der Waals surface area contributed by atoms with Crippen LogP contribution in [-0.4, -0.2) is 35.0 Å². The fraction of sp³-hybridized carbons (Fsp3) is 0.400. The van der Waals surface area contributed by atoms with Crippen LogP contribution in [-0.2, 0) is 6.42 Å². The van der Waals surface area contributed by atoms with Gasteiger partial charge in [-0.05, 0) is 78.8 Å². The van der Waals surface area contributed by atoms with Crippen molar-refractivity contribution in [2.75, 3.05) is 13.1 Å². The van der Waals surface area contributed by atoms with Gasteiger partial charge in [0.2, 0.25) is 0 Å². The number of benzene rings is 2. The summed E-state index contributed by atoms with van der Waals surface area (Å²) >= 11 is 0. The fourth-order valence-corrected chi connectivity index (χ4v) is 4.49. The van der Waals surface area contributed by atoms with E-state index in [1.807, 2.05) is 42.2 Å². The Balaban J connectivity index is 1.51. The molecule has 2 aromatic carbocycles. The Morgan fingerprint density at radius 1 is 1.03 bits per heavy atom. The van der Waals surface area contributed by atoms with Crippen LogP contribution in [0.25, 0.3) is 0 Å². The normalized spacial score (nSPS) is 16.9. The molecular weight excluding hydrogens is 376 g/mol. The van der Waals surface area contributed by atoms with Crippen molar-refractivity contribution in [3.05, 3.63) is 69.8 Å². The van der Waals surface area contributed by atoms with E-state index >= 15 is 0 Å². The molecule has 1 aliphatic carbocycles. The van der Waals surface area contributed by atoms with Crippen LogP contribution in [0.15, 0.2) is 36.4 Å². The topological polar surface area (TPSA) is 81.4 Å². The van der Waals surface area contributed by atoms with Crippen LogP contribution >= 0.6 is 0 Å². The first kappa shape index (κ1) is 20.2. The minimum Gasteiger partial charge on any atom is -0.478 e. The molecule has 1 saturated carbocycles. The molecule has 4 rings (SSSR count). The largest absolute Gasteiger partial charge is 0.478 e. The summed E-state index contributed by atoms with van der Waals surface area (Å²) in [5.41, 5.74) is 4.51. The van der Waals surface area contributed by atoms with Crippen LogP contribution in [0.1, 0.15) is 87.4 Å². The number of carboxylic acids is 1. The summed E-state index contributed by atoms with van der Waals surface area (Å²) in [6.45, 7) is 3.32. The van der Waals surface area contributed by atoms with Gasteiger partial charge in [-0.1, -0.05) is 25.1 Å². The van der Waals surface area contributed by atoms with Crippen LogP contribution in [0.4, 0.5) is 0 Å². The number of amides is 1. The van der Waals surface area contributed by atoms with Crippen molar-refractivity contribution in [3.8, 4) is 6.07 Å². The van der Waals surface area contributed by atoms with Gasteiger partial charge in [0.05, 0.1) is 17.2 Å². The lowest BCUT2D eigenvalue weighted by atomic mass is 9.88. The molecule has 0 radical (unpaired) electrons. The number of aromatic carboxylic acids is 1. The minimum atomic E-state index is -0.951. The zero-order chi connectivity index (χ0) is 21.3. The van der Waals surface area contributed by atoms with Gasteiger partial charge >= 0.3 is 5.97 Å². The summed E-state index contributed by atoms with van der Waals surface area (Å²) in [4.78, 5) is 26.9. The van der Waals surface area contributed by atoms with Crippen molar-refractivity contribution in [3.63, 3.8) is 0 Å². The predicted octanol–water partition coefficient (Wildman–Crippen LogP) is 4.72. The number of hydrogen-bond acceptors (Lipinski definition) is 3. The lowest BCUT2D eigenvalue weighted by molar-refractivity contribution is 0.0695. The number of hydrogen-bond donors (Lipinski definition) is 1. The van der Waals surface area contributed by atoms with E-state index in [0.717, 1.165) is 36.8 Å². The van der Waals surface area contributed by atoms with E-state index in [2.05, 4.69) is 6.07 Å². The van der Waals surface area contributed by atoms with E-state index in [1.54, 1.807) is 6.07 Å². The summed E-state index contributed by atoms with van der Waals surface area (Å²) in [6.07, 6.45) is 4.50. The first-order chi connectivity index (χ1) is 14.5. The summed E-state index contributed by atoms with van der Waals surface area (Å²) < 4.78 is 0. The van der Waals surface area contributed by atoms with Crippen LogP contribution in [0.3, 0.4) is 0 Å². The Kier molecular flexibility index (Phi) is 5.59. The van der Waals surface area contributed by atoms with Gasteiger partial charge in [-0.3, -0.25) is 4.79 Å². The quantitative estimate of drug-likeness (QED) is 0.785. The highest BCUT2D eigenvalue weighted by Gasteiger charge is 2.31. The van der Waals surface area contributed by atoms with E-state index in [4.69, 9.17) is 5.26 Å². The fourth-order valence-electron chi connectivity index (χ4n) is 4.49. The second-order valence-corrected chi connectivity index (χ2v) is 8.33. The monoisotopic (exact) mass is 402 g/mol. The van der Waals surface area contributed by atoms with Crippen LogP contribution in [0.5, 0.6) is 0 Å². The number of carbonyl (C=O) groups excluding carboxylic acids is 1. The molecule has 0 aromatic heterocycles. The molecule has 1 amide bonds. The number of piperidine rings is 1. The van der Waals surface area contributed by atoms with E-state index in [9.17, 15) is 14.7 Å². The lowest BCUT2D eigenvalue weighted by Gasteiger charge is -2.33. The third-order valence-corrected chi connectivity index (χ3v) is 6.43. The molecule has 5 nitrogen and oxygen atoms in total. The molecule has 5 heteroatoms. The first-order valence-corrected chi connectivity index (χ1v) is 10.7. The van der Waals surface area contributed by atoms with Crippen LogP contribution in [0, 0.1) is 11.3 Å². The maximum absolute atomic E-state index is 13.3. The number of aryl methyl sites for hydroxylation is 1. The third-order valence-electron chi connectivity index (χ3n) is 6.43. The molecule has 0 spiro atoms. The summed E-state index contributed by atoms with van der Waals surface area (Å²) in [6, 6.07) is 13.4. The third kappa shape index (κ3) is 3.95. The van der Waals surface area contributed by atoms with Crippen LogP contribution < -0.4 is 0 Å². The maximum Gasteiger partial charge on any atom is 0.335 e. The van der Waals surface area contributed by atoms with E-state index in [-0.39, 0.29) is 11.5 Å². The molecule has 154 valence electrons. The number of likely N-dealkylation sites (tertiary alicyclic amines) is 1. The average Bonchev–Trinajstić information content (AvgIpc) is 3.63. The Morgan fingerprint density at radius 3 is 2.23 bits per heavy atom. The molecule has 2 fully saturated rings. The van der Waals surface area contributed by atoms with Gasteiger partial charge in [-0.15, -0.1) is 0 Å². The molecule has 2 aliphatic rings. The minimum absolute atomic E-state index is 0.0602. The number of nitriles is 1. The van der Waals surface area contributed by atoms with Gasteiger partial charge in [0.25, 0.3) is 5.91 Å². The van der Waals surface area contributed by atoms with Crippen molar-refractivity contribution < 1.29 is 14.7 Å². The van der Waals surface area contributed by atoms with Gasteiger partial charge < -0.3 is 10.0 Å². The van der Waals surface area contributed by atoms with E-state index in [1.165, 1.54) is 5.56 Å². The highest BCUT2D eigenvalue weighted by Crippen LogP contribution is 2.43. The highest BCUT2D eigenvalue weighted by molar-refractivity contribution is 5.99. The SMILES string of the molecule is CCc1cc(C2CC2)c(C(=O)O)cc1C(=O)N1CCC(c2ccc(C#N)cc2)CC1. The molecule has 2 aromatic rings. The molecule has 1 saturated heterocycles. The Hall–Kier alpha value is -3.13. The Labute approximate surface area is 176 Å². The molecule has 30 heavy (non-hydrogen) atoms. The maximum atomic E-state index is 13.3. The number of rotatable bonds is 5. The standard InChI is InChI=1S/C25H26N2O3/c1-2-17-13-21(20-7-8-20)23(25(29)30)14-22(17)24(28)27-11-9-19(10-12-27)18-5-3-16(15-26)4-6-18/h3-6,13-14,19-20H,2,7-12H2,1H3,(H,29,30). The van der Waals surface area contributed by atoms with Crippen LogP contribution in [0.2, 0.25) is 0 Å². The second-order valence-electron chi connectivity index (χ2n) is 8.33. The van der Waals surface area contributed by atoms with Gasteiger partial charge in [-0.2, -0.15) is 5.26 Å². The zero-order valence-electron chi connectivity index (χ0n) is 17.2. The summed E-state index contributed by atoms with van der Waals surface area (Å²) in [7, 11) is 0. The Bertz CT molecular complexity index is 1010. The number of nitrogens with zero attached hydrogens (tertiary/aromatic N) is 2. The molecule has 1 aliphatic heterocycles. The van der Waals surface area contributed by atoms with Crippen molar-refractivity contribution in [2.24, 2.45) is 0 Å². The summed E-state index contributed by atoms with van der Waals surface area (Å²) in [5, 5.41) is 18.6. The second kappa shape index (κ2) is 8.31. The van der Waals surface area contributed by atoms with Gasteiger partial charge in [-0.25, -0.2) is 4.79 Å². The highest BCUT2D eigenvalue weighted by atomic mass is 16.4. The number of carboxylic acid groups (broad SMARTS) is 1. The van der Waals surface area contributed by atoms with Gasteiger partial charge in [0, 0.05) is 18.7 Å². The van der Waals surface area contributed by atoms with Gasteiger partial charge in [0.1, 0.15) is 0 Å². The van der Waals surface area contributed by atoms with Gasteiger partial charge in [0.15, 0.2) is 0 Å². The molecule has 0 unspecified atom stereocenters. The number of carbonyl (C=O) groups is 2. The molecular formula is C25H26N2O3. The molecule has 0 atom stereocenters. The van der Waals surface area contributed by atoms with Crippen molar-refractivity contribution >= 4 is 11.9 Å². The predicted molar refractivity (Wildman–Crippen MR) is 114 cm³/mol. The van der Waals surface area contributed by atoms with Crippen molar-refractivity contribution in [2.45, 2.75) is 50.9 Å². The zero-order valence-corrected chi connectivity index (χ0v) is 17.2. The molecule has 1 N–H and O–H groups in total. The lowest BCUT2D eigenvalue weighted by Crippen LogP contribution is -2.38. The van der Waals surface area contributed by atoms with Crippen molar-refractivity contribution in [1.82, 2.24) is 4.90 Å². The average molecular weight is 402 g/mol. The van der Waals surface area contributed by atoms with E-state index < -0.39 is 5.97 Å². The van der Waals surface area contributed by atoms with E-state index in [0.29, 0.717) is 42.5 Å². The smallest absolute Gasteiger partial charge is 0.335 e.